The highest BCUT2D eigenvalue weighted by Crippen LogP contribution is 2.51. The fourth-order valence-corrected chi connectivity index (χ4v) is 4.53. The minimum absolute atomic E-state index is 0.177. The number of hydrogen-bond acceptors (Lipinski definition) is 8. The second-order valence-electron chi connectivity index (χ2n) is 9.03. The number of epoxide rings is 2. The number of esters is 3. The molecule has 3 heterocycles. The van der Waals surface area contributed by atoms with E-state index in [0.29, 0.717) is 6.42 Å². The first-order chi connectivity index (χ1) is 14.0. The van der Waals surface area contributed by atoms with Gasteiger partial charge in [0.25, 0.3) is 0 Å². The minimum Gasteiger partial charge on any atom is -0.455 e. The molecule has 8 nitrogen and oxygen atoms in total. The van der Waals surface area contributed by atoms with Crippen LogP contribution in [0, 0.1) is 5.92 Å². The van der Waals surface area contributed by atoms with Crippen LogP contribution >= 0.6 is 0 Å². The molecule has 1 aliphatic carbocycles. The maximum Gasteiger partial charge on any atom is 0.341 e. The number of ether oxygens (including phenoxy) is 5. The van der Waals surface area contributed by atoms with E-state index in [9.17, 15) is 14.4 Å². The summed E-state index contributed by atoms with van der Waals surface area (Å²) in [4.78, 5) is 37.3. The number of carbonyl (C=O) groups excluding carboxylic acids is 3. The first-order valence-corrected chi connectivity index (χ1v) is 10.3. The van der Waals surface area contributed by atoms with E-state index in [-0.39, 0.29) is 17.8 Å². The van der Waals surface area contributed by atoms with E-state index in [1.165, 1.54) is 6.92 Å². The SMILES string of the molecule is C=C1C(=O)O[C@H]2C1[C@H](OC(=O)[C@@]1(C)O[C@H]1C)[C@@H](OC(C)=O)C(C)=CCC[C@@]1(C)O[C@H]21. The molecule has 0 aromatic carbocycles. The Bertz CT molecular complexity index is 846. The fraction of sp³-hybridized carbons (Fsp3) is 0.682. The van der Waals surface area contributed by atoms with Crippen LogP contribution in [0.25, 0.3) is 0 Å². The molecule has 0 spiro atoms. The third kappa shape index (κ3) is 3.36. The first kappa shape index (κ1) is 21.1. The maximum atomic E-state index is 12.9. The topological polar surface area (TPSA) is 104 Å². The summed E-state index contributed by atoms with van der Waals surface area (Å²) < 4.78 is 28.5. The minimum atomic E-state index is -1.07. The Morgan fingerprint density at radius 3 is 2.50 bits per heavy atom. The molecule has 0 radical (unpaired) electrons. The van der Waals surface area contributed by atoms with Crippen LogP contribution in [0.2, 0.25) is 0 Å². The van der Waals surface area contributed by atoms with Gasteiger partial charge in [0.1, 0.15) is 12.2 Å². The molecule has 0 aromatic heterocycles. The highest BCUT2D eigenvalue weighted by atomic mass is 16.7. The van der Waals surface area contributed by atoms with Gasteiger partial charge in [-0.3, -0.25) is 4.79 Å². The van der Waals surface area contributed by atoms with Gasteiger partial charge in [-0.05, 0) is 46.1 Å². The Balaban J connectivity index is 1.76. The predicted octanol–water partition coefficient (Wildman–Crippen LogP) is 2.00. The van der Waals surface area contributed by atoms with Crippen molar-refractivity contribution in [3.8, 4) is 0 Å². The molecule has 4 aliphatic rings. The van der Waals surface area contributed by atoms with Crippen molar-refractivity contribution in [3.05, 3.63) is 23.8 Å². The molecule has 0 saturated carbocycles. The van der Waals surface area contributed by atoms with Gasteiger partial charge < -0.3 is 23.7 Å². The number of allylic oxidation sites excluding steroid dienone is 1. The molecule has 0 amide bonds. The summed E-state index contributed by atoms with van der Waals surface area (Å²) in [5.74, 6) is -2.37. The predicted molar refractivity (Wildman–Crippen MR) is 103 cm³/mol. The molecule has 4 rings (SSSR count). The summed E-state index contributed by atoms with van der Waals surface area (Å²) >= 11 is 0. The van der Waals surface area contributed by atoms with Crippen molar-refractivity contribution in [2.45, 2.75) is 89.2 Å². The average Bonchev–Trinajstić information content (AvgIpc) is 3.48. The zero-order valence-corrected chi connectivity index (χ0v) is 17.9. The number of carbonyl (C=O) groups is 3. The third-order valence-electron chi connectivity index (χ3n) is 6.79. The van der Waals surface area contributed by atoms with Crippen molar-refractivity contribution in [2.75, 3.05) is 0 Å². The molecular weight excluding hydrogens is 392 g/mol. The quantitative estimate of drug-likeness (QED) is 0.225. The highest BCUT2D eigenvalue weighted by molar-refractivity contribution is 5.91. The van der Waals surface area contributed by atoms with E-state index in [1.54, 1.807) is 13.8 Å². The molecule has 30 heavy (non-hydrogen) atoms. The highest BCUT2D eigenvalue weighted by Gasteiger charge is 2.65. The lowest BCUT2D eigenvalue weighted by molar-refractivity contribution is -0.173. The standard InChI is InChI=1S/C22H28O8/c1-10-8-7-9-21(5)18(30-21)17-14(11(2)19(24)27-17)16(15(10)26-13(4)23)28-20(25)22(6)12(3)29-22/h8,12,14-18H,2,7,9H2,1,3-6H3/t12-,14?,15-,16-,17-,18+,21+,22-/m0/s1. The van der Waals surface area contributed by atoms with E-state index in [4.69, 9.17) is 23.7 Å². The zero-order valence-electron chi connectivity index (χ0n) is 17.9. The van der Waals surface area contributed by atoms with Gasteiger partial charge in [0, 0.05) is 12.5 Å². The van der Waals surface area contributed by atoms with E-state index >= 15 is 0 Å². The van der Waals surface area contributed by atoms with Crippen molar-refractivity contribution in [3.63, 3.8) is 0 Å². The van der Waals surface area contributed by atoms with Crippen molar-refractivity contribution >= 4 is 17.9 Å². The summed E-state index contributed by atoms with van der Waals surface area (Å²) in [6, 6.07) is 0. The van der Waals surface area contributed by atoms with Gasteiger partial charge in [0.15, 0.2) is 17.8 Å². The van der Waals surface area contributed by atoms with Crippen LogP contribution in [0.4, 0.5) is 0 Å². The van der Waals surface area contributed by atoms with Gasteiger partial charge in [-0.25, -0.2) is 9.59 Å². The molecule has 164 valence electrons. The van der Waals surface area contributed by atoms with Crippen molar-refractivity contribution < 1.29 is 38.1 Å². The van der Waals surface area contributed by atoms with Crippen LogP contribution in [0.15, 0.2) is 23.8 Å². The van der Waals surface area contributed by atoms with E-state index in [2.05, 4.69) is 6.58 Å². The molecule has 8 heteroatoms. The van der Waals surface area contributed by atoms with Gasteiger partial charge in [-0.1, -0.05) is 12.7 Å². The van der Waals surface area contributed by atoms with Gasteiger partial charge in [0.2, 0.25) is 0 Å². The lowest BCUT2D eigenvalue weighted by Gasteiger charge is -2.34. The summed E-state index contributed by atoms with van der Waals surface area (Å²) in [6.45, 7) is 12.4. The van der Waals surface area contributed by atoms with Gasteiger partial charge in [-0.2, -0.15) is 0 Å². The van der Waals surface area contributed by atoms with Crippen LogP contribution in [0.5, 0.6) is 0 Å². The Morgan fingerprint density at radius 1 is 1.23 bits per heavy atom. The Labute approximate surface area is 175 Å². The van der Waals surface area contributed by atoms with E-state index < -0.39 is 53.3 Å². The smallest absolute Gasteiger partial charge is 0.341 e. The van der Waals surface area contributed by atoms with Gasteiger partial charge in [-0.15, -0.1) is 0 Å². The first-order valence-electron chi connectivity index (χ1n) is 10.3. The molecule has 8 atom stereocenters. The third-order valence-corrected chi connectivity index (χ3v) is 6.79. The van der Waals surface area contributed by atoms with E-state index in [0.717, 1.165) is 12.0 Å². The fourth-order valence-electron chi connectivity index (χ4n) is 4.53. The monoisotopic (exact) mass is 420 g/mol. The van der Waals surface area contributed by atoms with E-state index in [1.807, 2.05) is 19.9 Å². The van der Waals surface area contributed by atoms with Crippen LogP contribution in [-0.4, -0.2) is 59.6 Å². The largest absolute Gasteiger partial charge is 0.455 e. The summed E-state index contributed by atoms with van der Waals surface area (Å²) in [5, 5.41) is 0. The van der Waals surface area contributed by atoms with Crippen molar-refractivity contribution in [1.29, 1.82) is 0 Å². The average molecular weight is 420 g/mol. The number of rotatable bonds is 3. The molecule has 3 fully saturated rings. The summed E-state index contributed by atoms with van der Waals surface area (Å²) in [7, 11) is 0. The molecule has 3 aliphatic heterocycles. The van der Waals surface area contributed by atoms with Crippen molar-refractivity contribution in [2.24, 2.45) is 5.92 Å². The molecule has 3 saturated heterocycles. The van der Waals surface area contributed by atoms with Gasteiger partial charge >= 0.3 is 17.9 Å². The Hall–Kier alpha value is -2.19. The lowest BCUT2D eigenvalue weighted by Crippen LogP contribution is -2.48. The molecule has 0 N–H and O–H groups in total. The normalized spacial score (nSPS) is 44.8. The summed E-state index contributed by atoms with van der Waals surface area (Å²) in [6.07, 6.45) is 0.170. The summed E-state index contributed by atoms with van der Waals surface area (Å²) in [5.41, 5.74) is -0.603. The maximum absolute atomic E-state index is 12.9. The zero-order chi connectivity index (χ0) is 22.0. The second kappa shape index (κ2) is 6.92. The molecular formula is C22H28O8. The number of hydrogen-bond donors (Lipinski definition) is 0. The molecule has 0 bridgehead atoms. The van der Waals surface area contributed by atoms with Crippen LogP contribution in [0.3, 0.4) is 0 Å². The van der Waals surface area contributed by atoms with Crippen LogP contribution < -0.4 is 0 Å². The molecule has 0 aromatic rings. The Morgan fingerprint density at radius 2 is 1.90 bits per heavy atom. The lowest BCUT2D eigenvalue weighted by atomic mass is 9.80. The number of fused-ring (bicyclic) bond motifs is 3. The molecule has 1 unspecified atom stereocenters. The Kier molecular flexibility index (Phi) is 4.86. The van der Waals surface area contributed by atoms with Crippen LogP contribution in [-0.2, 0) is 38.1 Å². The van der Waals surface area contributed by atoms with Crippen LogP contribution in [0.1, 0.15) is 47.5 Å². The second-order valence-corrected chi connectivity index (χ2v) is 9.03. The van der Waals surface area contributed by atoms with Gasteiger partial charge in [0.05, 0.1) is 17.6 Å². The van der Waals surface area contributed by atoms with Crippen molar-refractivity contribution in [1.82, 2.24) is 0 Å².